The van der Waals surface area contributed by atoms with Crippen LogP contribution in [-0.2, 0) is 14.8 Å². The highest BCUT2D eigenvalue weighted by atomic mass is 32.2. The van der Waals surface area contributed by atoms with Crippen molar-refractivity contribution < 1.29 is 18.3 Å². The molecule has 118 valence electrons. The highest BCUT2D eigenvalue weighted by Crippen LogP contribution is 2.28. The monoisotopic (exact) mass is 305 g/mol. The molecule has 1 N–H and O–H groups in total. The lowest BCUT2D eigenvalue weighted by Crippen LogP contribution is -2.43. The third-order valence-corrected chi connectivity index (χ3v) is 5.94. The van der Waals surface area contributed by atoms with Crippen LogP contribution in [0.3, 0.4) is 0 Å². The van der Waals surface area contributed by atoms with Crippen molar-refractivity contribution in [1.29, 1.82) is 0 Å². The Morgan fingerprint density at radius 2 is 2.00 bits per heavy atom. The van der Waals surface area contributed by atoms with Crippen molar-refractivity contribution in [3.05, 3.63) is 0 Å². The van der Waals surface area contributed by atoms with E-state index in [9.17, 15) is 13.2 Å². The van der Waals surface area contributed by atoms with Crippen molar-refractivity contribution >= 4 is 16.0 Å². The van der Waals surface area contributed by atoms with Crippen LogP contribution in [0.25, 0.3) is 0 Å². The Labute approximate surface area is 122 Å². The van der Waals surface area contributed by atoms with Gasteiger partial charge in [-0.05, 0) is 37.0 Å². The fourth-order valence-corrected chi connectivity index (χ4v) is 4.50. The van der Waals surface area contributed by atoms with Gasteiger partial charge in [0.05, 0.1) is 5.75 Å². The van der Waals surface area contributed by atoms with Gasteiger partial charge in [0.15, 0.2) is 0 Å². The van der Waals surface area contributed by atoms with Gasteiger partial charge in [-0.25, -0.2) is 12.7 Å². The Morgan fingerprint density at radius 1 is 1.35 bits per heavy atom. The molecule has 6 heteroatoms. The molecule has 1 rings (SSSR count). The number of piperidine rings is 1. The first-order chi connectivity index (χ1) is 9.22. The van der Waals surface area contributed by atoms with Gasteiger partial charge in [0.2, 0.25) is 10.0 Å². The molecule has 2 unspecified atom stereocenters. The smallest absolute Gasteiger partial charge is 0.303 e. The maximum absolute atomic E-state index is 12.3. The van der Waals surface area contributed by atoms with E-state index >= 15 is 0 Å². The molecule has 0 amide bonds. The van der Waals surface area contributed by atoms with E-state index in [-0.39, 0.29) is 24.0 Å². The normalized spacial score (nSPS) is 22.9. The van der Waals surface area contributed by atoms with E-state index in [0.717, 1.165) is 12.8 Å². The lowest BCUT2D eigenvalue weighted by molar-refractivity contribution is -0.138. The highest BCUT2D eigenvalue weighted by Gasteiger charge is 2.31. The maximum Gasteiger partial charge on any atom is 0.303 e. The van der Waals surface area contributed by atoms with Gasteiger partial charge in [-0.15, -0.1) is 0 Å². The van der Waals surface area contributed by atoms with Crippen LogP contribution < -0.4 is 0 Å². The summed E-state index contributed by atoms with van der Waals surface area (Å²) in [6, 6.07) is 0. The Morgan fingerprint density at radius 3 is 2.55 bits per heavy atom. The maximum atomic E-state index is 12.3. The summed E-state index contributed by atoms with van der Waals surface area (Å²) < 4.78 is 26.2. The summed E-state index contributed by atoms with van der Waals surface area (Å²) in [4.78, 5) is 10.8. The first-order valence-electron chi connectivity index (χ1n) is 7.42. The third kappa shape index (κ3) is 5.40. The predicted molar refractivity (Wildman–Crippen MR) is 79.0 cm³/mol. The minimum atomic E-state index is -3.19. The van der Waals surface area contributed by atoms with Crippen LogP contribution in [0.4, 0.5) is 0 Å². The summed E-state index contributed by atoms with van der Waals surface area (Å²) in [5.74, 6) is -0.0529. The van der Waals surface area contributed by atoms with Crippen molar-refractivity contribution in [3.8, 4) is 0 Å². The van der Waals surface area contributed by atoms with Crippen LogP contribution in [0.2, 0.25) is 0 Å². The molecular weight excluding hydrogens is 278 g/mol. The van der Waals surface area contributed by atoms with Crippen LogP contribution in [0.15, 0.2) is 0 Å². The SMILES string of the molecule is CC(C)CCS(=O)(=O)N1CCCC(C(C)CC(=O)O)C1. The molecule has 0 aromatic heterocycles. The van der Waals surface area contributed by atoms with Crippen LogP contribution >= 0.6 is 0 Å². The molecule has 2 atom stereocenters. The van der Waals surface area contributed by atoms with Crippen molar-refractivity contribution in [2.24, 2.45) is 17.8 Å². The minimum absolute atomic E-state index is 0.0237. The number of carboxylic acid groups (broad SMARTS) is 1. The molecule has 1 fully saturated rings. The third-order valence-electron chi connectivity index (χ3n) is 4.07. The van der Waals surface area contributed by atoms with Crippen molar-refractivity contribution in [1.82, 2.24) is 4.31 Å². The first-order valence-corrected chi connectivity index (χ1v) is 9.03. The number of rotatable bonds is 7. The second kappa shape index (κ2) is 7.41. The van der Waals surface area contributed by atoms with E-state index in [2.05, 4.69) is 0 Å². The van der Waals surface area contributed by atoms with E-state index in [0.29, 0.717) is 25.4 Å². The molecule has 1 heterocycles. The van der Waals surface area contributed by atoms with Gasteiger partial charge < -0.3 is 5.11 Å². The molecule has 5 nitrogen and oxygen atoms in total. The van der Waals surface area contributed by atoms with Crippen LogP contribution in [0, 0.1) is 17.8 Å². The van der Waals surface area contributed by atoms with E-state index in [1.54, 1.807) is 4.31 Å². The van der Waals surface area contributed by atoms with Gasteiger partial charge in [0.1, 0.15) is 0 Å². The van der Waals surface area contributed by atoms with Gasteiger partial charge in [0.25, 0.3) is 0 Å². The van der Waals surface area contributed by atoms with Gasteiger partial charge in [0, 0.05) is 19.5 Å². The summed E-state index contributed by atoms with van der Waals surface area (Å²) in [6.45, 7) is 7.00. The zero-order chi connectivity index (χ0) is 15.3. The number of carboxylic acids is 1. The highest BCUT2D eigenvalue weighted by molar-refractivity contribution is 7.89. The molecule has 20 heavy (non-hydrogen) atoms. The quantitative estimate of drug-likeness (QED) is 0.782. The number of nitrogens with zero attached hydrogens (tertiary/aromatic N) is 1. The number of hydrogen-bond donors (Lipinski definition) is 1. The summed E-state index contributed by atoms with van der Waals surface area (Å²) >= 11 is 0. The van der Waals surface area contributed by atoms with E-state index < -0.39 is 16.0 Å². The molecule has 1 aliphatic rings. The topological polar surface area (TPSA) is 74.7 Å². The summed E-state index contributed by atoms with van der Waals surface area (Å²) in [5.41, 5.74) is 0. The van der Waals surface area contributed by atoms with Crippen LogP contribution in [0.1, 0.15) is 46.5 Å². The summed E-state index contributed by atoms with van der Waals surface area (Å²) in [5, 5.41) is 8.85. The van der Waals surface area contributed by atoms with Crippen LogP contribution in [0.5, 0.6) is 0 Å². The molecule has 1 saturated heterocycles. The Kier molecular flexibility index (Phi) is 6.45. The molecule has 0 saturated carbocycles. The average Bonchev–Trinajstić information content (AvgIpc) is 2.36. The summed E-state index contributed by atoms with van der Waals surface area (Å²) in [7, 11) is -3.19. The van der Waals surface area contributed by atoms with E-state index in [1.807, 2.05) is 20.8 Å². The standard InChI is InChI=1S/C14H27NO4S/c1-11(2)6-8-20(18,19)15-7-4-5-13(10-15)12(3)9-14(16)17/h11-13H,4-10H2,1-3H3,(H,16,17). The molecule has 1 aliphatic heterocycles. The predicted octanol–water partition coefficient (Wildman–Crippen LogP) is 2.19. The lowest BCUT2D eigenvalue weighted by Gasteiger charge is -2.34. The van der Waals surface area contributed by atoms with Crippen molar-refractivity contribution in [2.75, 3.05) is 18.8 Å². The van der Waals surface area contributed by atoms with Gasteiger partial charge >= 0.3 is 5.97 Å². The number of sulfonamides is 1. The fraction of sp³-hybridized carbons (Fsp3) is 0.929. The van der Waals surface area contributed by atoms with Crippen molar-refractivity contribution in [3.63, 3.8) is 0 Å². The Bertz CT molecular complexity index is 419. The number of carbonyl (C=O) groups is 1. The average molecular weight is 305 g/mol. The van der Waals surface area contributed by atoms with Gasteiger partial charge in [-0.1, -0.05) is 20.8 Å². The lowest BCUT2D eigenvalue weighted by atomic mass is 9.85. The van der Waals surface area contributed by atoms with Gasteiger partial charge in [-0.3, -0.25) is 4.79 Å². The zero-order valence-corrected chi connectivity index (χ0v) is 13.5. The van der Waals surface area contributed by atoms with E-state index in [1.165, 1.54) is 0 Å². The first kappa shape index (κ1) is 17.4. The Balaban J connectivity index is 2.61. The van der Waals surface area contributed by atoms with Crippen LogP contribution in [-0.4, -0.2) is 42.6 Å². The van der Waals surface area contributed by atoms with Gasteiger partial charge in [-0.2, -0.15) is 0 Å². The summed E-state index contributed by atoms with van der Waals surface area (Å²) in [6.07, 6.45) is 2.54. The molecular formula is C14H27NO4S. The second-order valence-corrected chi connectivity index (χ2v) is 8.42. The zero-order valence-electron chi connectivity index (χ0n) is 12.7. The van der Waals surface area contributed by atoms with Crippen molar-refractivity contribution in [2.45, 2.75) is 46.5 Å². The fourth-order valence-electron chi connectivity index (χ4n) is 2.65. The molecule has 0 aromatic rings. The minimum Gasteiger partial charge on any atom is -0.481 e. The Hall–Kier alpha value is -0.620. The molecule has 0 aliphatic carbocycles. The second-order valence-electron chi connectivity index (χ2n) is 6.33. The number of hydrogen-bond acceptors (Lipinski definition) is 3. The number of aliphatic carboxylic acids is 1. The molecule has 0 bridgehead atoms. The molecule has 0 aromatic carbocycles. The van der Waals surface area contributed by atoms with E-state index in [4.69, 9.17) is 5.11 Å². The molecule has 0 radical (unpaired) electrons. The largest absolute Gasteiger partial charge is 0.481 e. The molecule has 0 spiro atoms.